The van der Waals surface area contributed by atoms with Gasteiger partial charge in [-0.1, -0.05) is 40.2 Å². The topological polar surface area (TPSA) is 26.0 Å². The Kier molecular flexibility index (Phi) is 1.96. The van der Waals surface area contributed by atoms with E-state index in [1.165, 1.54) is 32.1 Å². The van der Waals surface area contributed by atoms with Crippen molar-refractivity contribution in [2.45, 2.75) is 53.8 Å². The predicted octanol–water partition coefficient (Wildman–Crippen LogP) is 3.68. The van der Waals surface area contributed by atoms with Gasteiger partial charge in [-0.25, -0.2) is 0 Å². The van der Waals surface area contributed by atoms with Gasteiger partial charge in [-0.2, -0.15) is 0 Å². The van der Waals surface area contributed by atoms with Gasteiger partial charge in [-0.05, 0) is 55.1 Å². The van der Waals surface area contributed by atoms with Crippen molar-refractivity contribution in [3.05, 3.63) is 35.4 Å². The molecule has 4 bridgehead atoms. The van der Waals surface area contributed by atoms with Crippen molar-refractivity contribution < 1.29 is 0 Å². The first kappa shape index (κ1) is 10.6. The van der Waals surface area contributed by atoms with Crippen molar-refractivity contribution in [1.82, 2.24) is 0 Å². The minimum atomic E-state index is 0.0777. The van der Waals surface area contributed by atoms with Crippen LogP contribution in [-0.2, 0) is 0 Å². The zero-order valence-electron chi connectivity index (χ0n) is 9.95. The fraction of sp³-hybridized carbons (Fsp3) is 0.600. The van der Waals surface area contributed by atoms with E-state index in [-0.39, 0.29) is 5.54 Å². The Bertz CT molecular complexity index is 427. The lowest BCUT2D eigenvalue weighted by Crippen LogP contribution is -2.54. The molecule has 2 saturated carbocycles. The number of benzene rings is 1. The van der Waals surface area contributed by atoms with Gasteiger partial charge < -0.3 is 5.73 Å². The monoisotopic (exact) mass is 291 g/mol. The molecular formula is C15H18BrN. The lowest BCUT2D eigenvalue weighted by atomic mass is 9.63. The molecular weight excluding hydrogens is 274 g/mol. The van der Waals surface area contributed by atoms with Gasteiger partial charge in [0.1, 0.15) is 0 Å². The van der Waals surface area contributed by atoms with Gasteiger partial charge in [0.05, 0.1) is 0 Å². The molecule has 2 unspecified atom stereocenters. The summed E-state index contributed by atoms with van der Waals surface area (Å²) in [5, 5.41) is 0. The Morgan fingerprint density at radius 2 is 1.53 bits per heavy atom. The van der Waals surface area contributed by atoms with Crippen molar-refractivity contribution in [2.75, 3.05) is 0 Å². The average Bonchev–Trinajstić information content (AvgIpc) is 2.38. The second kappa shape index (κ2) is 3.16. The lowest BCUT2D eigenvalue weighted by Gasteiger charge is -2.50. The molecule has 0 aliphatic heterocycles. The van der Waals surface area contributed by atoms with Crippen LogP contribution in [0.5, 0.6) is 0 Å². The number of hydrogen-bond acceptors (Lipinski definition) is 1. The molecule has 0 amide bonds. The fourth-order valence-corrected chi connectivity index (χ4v) is 6.13. The molecule has 90 valence electrons. The summed E-state index contributed by atoms with van der Waals surface area (Å²) < 4.78 is 0.312. The van der Waals surface area contributed by atoms with Crippen molar-refractivity contribution >= 4 is 15.9 Å². The Balaban J connectivity index is 1.93. The summed E-state index contributed by atoms with van der Waals surface area (Å²) in [5.41, 5.74) is 9.91. The Morgan fingerprint density at radius 1 is 1.00 bits per heavy atom. The van der Waals surface area contributed by atoms with Crippen LogP contribution in [0.15, 0.2) is 24.3 Å². The normalized spacial score (nSPS) is 46.7. The van der Waals surface area contributed by atoms with Crippen LogP contribution < -0.4 is 5.73 Å². The SMILES string of the molecule is NC12CC3CC(Br)(CC(C1)c1ccccc13)C2. The maximum absolute atomic E-state index is 6.66. The standard InChI is InChI=1S/C15H18BrN/c16-14-5-10-7-15(17,9-14)8-11(6-14)13-4-2-1-3-12(10)13/h1-4,10-11H,5-9,17H2. The van der Waals surface area contributed by atoms with Crippen LogP contribution in [0.3, 0.4) is 0 Å². The summed E-state index contributed by atoms with van der Waals surface area (Å²) in [6.45, 7) is 0. The van der Waals surface area contributed by atoms with Gasteiger partial charge in [0.25, 0.3) is 0 Å². The quantitative estimate of drug-likeness (QED) is 0.725. The first-order valence-electron chi connectivity index (χ1n) is 6.64. The summed E-state index contributed by atoms with van der Waals surface area (Å²) >= 11 is 4.02. The Labute approximate surface area is 111 Å². The zero-order valence-corrected chi connectivity index (χ0v) is 11.5. The van der Waals surface area contributed by atoms with Crippen LogP contribution in [0.2, 0.25) is 0 Å². The van der Waals surface area contributed by atoms with Crippen molar-refractivity contribution in [3.63, 3.8) is 0 Å². The molecule has 2 N–H and O–H groups in total. The maximum atomic E-state index is 6.66. The van der Waals surface area contributed by atoms with E-state index in [0.717, 1.165) is 0 Å². The second-order valence-electron chi connectivity index (χ2n) is 6.53. The molecule has 1 aromatic rings. The van der Waals surface area contributed by atoms with E-state index in [4.69, 9.17) is 5.73 Å². The Hall–Kier alpha value is -0.340. The molecule has 5 rings (SSSR count). The van der Waals surface area contributed by atoms with Gasteiger partial charge in [0.2, 0.25) is 0 Å². The highest BCUT2D eigenvalue weighted by Gasteiger charge is 2.54. The molecule has 0 aromatic heterocycles. The minimum absolute atomic E-state index is 0.0777. The lowest BCUT2D eigenvalue weighted by molar-refractivity contribution is 0.159. The van der Waals surface area contributed by atoms with E-state index in [0.29, 0.717) is 16.2 Å². The minimum Gasteiger partial charge on any atom is -0.325 e. The summed E-state index contributed by atoms with van der Waals surface area (Å²) in [6.07, 6.45) is 6.10. The van der Waals surface area contributed by atoms with Gasteiger partial charge in [-0.15, -0.1) is 0 Å². The van der Waals surface area contributed by atoms with Crippen LogP contribution in [-0.4, -0.2) is 9.86 Å². The van der Waals surface area contributed by atoms with Crippen LogP contribution in [0, 0.1) is 0 Å². The van der Waals surface area contributed by atoms with Gasteiger partial charge in [0.15, 0.2) is 0 Å². The number of nitrogens with two attached hydrogens (primary N) is 1. The summed E-state index contributed by atoms with van der Waals surface area (Å²) in [4.78, 5) is 0. The molecule has 2 atom stereocenters. The molecule has 0 radical (unpaired) electrons. The van der Waals surface area contributed by atoms with Crippen LogP contribution in [0.25, 0.3) is 0 Å². The van der Waals surface area contributed by atoms with Gasteiger partial charge in [-0.3, -0.25) is 0 Å². The number of halogens is 1. The third-order valence-electron chi connectivity index (χ3n) is 5.07. The molecule has 1 nitrogen and oxygen atoms in total. The van der Waals surface area contributed by atoms with Gasteiger partial charge >= 0.3 is 0 Å². The van der Waals surface area contributed by atoms with E-state index in [1.807, 2.05) is 0 Å². The molecule has 2 fully saturated rings. The van der Waals surface area contributed by atoms with Crippen LogP contribution in [0.4, 0.5) is 0 Å². The summed E-state index contributed by atoms with van der Waals surface area (Å²) in [7, 11) is 0. The molecule has 0 heterocycles. The van der Waals surface area contributed by atoms with E-state index >= 15 is 0 Å². The number of alkyl halides is 1. The highest BCUT2D eigenvalue weighted by Crippen LogP contribution is 2.61. The summed E-state index contributed by atoms with van der Waals surface area (Å²) in [6, 6.07) is 9.05. The van der Waals surface area contributed by atoms with E-state index < -0.39 is 0 Å². The molecule has 2 heteroatoms. The molecule has 4 aliphatic rings. The first-order chi connectivity index (χ1) is 8.07. The molecule has 17 heavy (non-hydrogen) atoms. The van der Waals surface area contributed by atoms with Crippen LogP contribution in [0.1, 0.15) is 55.1 Å². The largest absolute Gasteiger partial charge is 0.325 e. The highest BCUT2D eigenvalue weighted by molar-refractivity contribution is 9.10. The van der Waals surface area contributed by atoms with E-state index in [1.54, 1.807) is 11.1 Å². The molecule has 0 saturated heterocycles. The van der Waals surface area contributed by atoms with Crippen molar-refractivity contribution in [3.8, 4) is 0 Å². The maximum Gasteiger partial charge on any atom is 0.0287 e. The third kappa shape index (κ3) is 1.47. The smallest absolute Gasteiger partial charge is 0.0287 e. The van der Waals surface area contributed by atoms with Crippen LogP contribution >= 0.6 is 15.9 Å². The number of hydrogen-bond donors (Lipinski definition) is 1. The van der Waals surface area contributed by atoms with Crippen molar-refractivity contribution in [2.24, 2.45) is 5.73 Å². The second-order valence-corrected chi connectivity index (χ2v) is 8.21. The summed E-state index contributed by atoms with van der Waals surface area (Å²) in [5.74, 6) is 1.36. The van der Waals surface area contributed by atoms with Gasteiger partial charge in [0, 0.05) is 9.86 Å². The molecule has 4 aliphatic carbocycles. The van der Waals surface area contributed by atoms with Crippen molar-refractivity contribution in [1.29, 1.82) is 0 Å². The average molecular weight is 292 g/mol. The Morgan fingerprint density at radius 3 is 2.00 bits per heavy atom. The molecule has 0 spiro atoms. The predicted molar refractivity (Wildman–Crippen MR) is 73.6 cm³/mol. The van der Waals surface area contributed by atoms with E-state index in [9.17, 15) is 0 Å². The molecule has 1 aromatic carbocycles. The van der Waals surface area contributed by atoms with E-state index in [2.05, 4.69) is 40.2 Å². The first-order valence-corrected chi connectivity index (χ1v) is 7.43. The zero-order chi connectivity index (χ0) is 11.7. The fourth-order valence-electron chi connectivity index (χ4n) is 4.79. The highest BCUT2D eigenvalue weighted by atomic mass is 79.9. The number of rotatable bonds is 0. The third-order valence-corrected chi connectivity index (χ3v) is 6.00.